The van der Waals surface area contributed by atoms with Crippen molar-refractivity contribution in [1.29, 1.82) is 0 Å². The number of hydrogen-bond acceptors (Lipinski definition) is 2. The second-order valence-electron chi connectivity index (χ2n) is 5.21. The maximum absolute atomic E-state index is 13.4. The predicted octanol–water partition coefficient (Wildman–Crippen LogP) is 3.88. The molecule has 0 heterocycles. The molecule has 0 aliphatic carbocycles. The van der Waals surface area contributed by atoms with Crippen LogP contribution >= 0.6 is 11.6 Å². The molecule has 2 aromatic rings. The van der Waals surface area contributed by atoms with Gasteiger partial charge >= 0.3 is 6.03 Å². The van der Waals surface area contributed by atoms with Gasteiger partial charge in [-0.05, 0) is 30.7 Å². The Morgan fingerprint density at radius 3 is 2.71 bits per heavy atom. The van der Waals surface area contributed by atoms with Gasteiger partial charge in [0.05, 0.1) is 6.04 Å². The topological polar surface area (TPSA) is 50.4 Å². The molecule has 1 unspecified atom stereocenters. The Labute approximate surface area is 143 Å². The number of halogens is 3. The standard InChI is InChI=1S/C17H17ClF2N2O2/c1-11(10-24-16-7-6-13(19)8-15(16)20)22-17(23)21-9-12-4-2-3-5-14(12)18/h2-8,11H,9-10H2,1H3,(H2,21,22,23). The van der Waals surface area contributed by atoms with Crippen LogP contribution in [-0.2, 0) is 6.54 Å². The zero-order valence-corrected chi connectivity index (χ0v) is 13.7. The molecule has 7 heteroatoms. The Bertz CT molecular complexity index is 713. The molecule has 0 aliphatic rings. The van der Waals surface area contributed by atoms with Crippen LogP contribution in [0, 0.1) is 11.6 Å². The fourth-order valence-electron chi connectivity index (χ4n) is 1.94. The lowest BCUT2D eigenvalue weighted by Crippen LogP contribution is -2.43. The molecule has 0 spiro atoms. The average molecular weight is 355 g/mol. The second-order valence-corrected chi connectivity index (χ2v) is 5.61. The van der Waals surface area contributed by atoms with Crippen LogP contribution in [-0.4, -0.2) is 18.7 Å². The minimum absolute atomic E-state index is 0.0437. The Morgan fingerprint density at radius 2 is 2.00 bits per heavy atom. The third-order valence-electron chi connectivity index (χ3n) is 3.16. The number of benzene rings is 2. The highest BCUT2D eigenvalue weighted by molar-refractivity contribution is 6.31. The van der Waals surface area contributed by atoms with Crippen molar-refractivity contribution in [3.8, 4) is 5.75 Å². The molecule has 24 heavy (non-hydrogen) atoms. The summed E-state index contributed by atoms with van der Waals surface area (Å²) in [6, 6.07) is 9.46. The van der Waals surface area contributed by atoms with Crippen molar-refractivity contribution < 1.29 is 18.3 Å². The van der Waals surface area contributed by atoms with Gasteiger partial charge in [-0.1, -0.05) is 29.8 Å². The monoisotopic (exact) mass is 354 g/mol. The highest BCUT2D eigenvalue weighted by atomic mass is 35.5. The van der Waals surface area contributed by atoms with E-state index in [-0.39, 0.29) is 24.9 Å². The number of nitrogens with one attached hydrogen (secondary N) is 2. The second kappa shape index (κ2) is 8.49. The summed E-state index contributed by atoms with van der Waals surface area (Å²) in [6.45, 7) is 2.03. The molecule has 2 amide bonds. The Balaban J connectivity index is 1.76. The Kier molecular flexibility index (Phi) is 6.37. The van der Waals surface area contributed by atoms with Crippen LogP contribution in [0.2, 0.25) is 5.02 Å². The van der Waals surface area contributed by atoms with Crippen LogP contribution in [0.15, 0.2) is 42.5 Å². The van der Waals surface area contributed by atoms with Crippen LogP contribution in [0.5, 0.6) is 5.75 Å². The summed E-state index contributed by atoms with van der Waals surface area (Å²) in [5, 5.41) is 5.90. The number of rotatable bonds is 6. The zero-order chi connectivity index (χ0) is 17.5. The Morgan fingerprint density at radius 1 is 1.25 bits per heavy atom. The fourth-order valence-corrected chi connectivity index (χ4v) is 2.14. The lowest BCUT2D eigenvalue weighted by molar-refractivity contribution is 0.224. The average Bonchev–Trinajstić information content (AvgIpc) is 2.53. The van der Waals surface area contributed by atoms with E-state index in [1.54, 1.807) is 19.1 Å². The van der Waals surface area contributed by atoms with E-state index in [4.69, 9.17) is 16.3 Å². The summed E-state index contributed by atoms with van der Waals surface area (Å²) in [5.74, 6) is -1.53. The lowest BCUT2D eigenvalue weighted by Gasteiger charge is -2.16. The van der Waals surface area contributed by atoms with Crippen molar-refractivity contribution in [3.05, 3.63) is 64.7 Å². The number of carbonyl (C=O) groups is 1. The van der Waals surface area contributed by atoms with E-state index in [9.17, 15) is 13.6 Å². The zero-order valence-electron chi connectivity index (χ0n) is 13.0. The van der Waals surface area contributed by atoms with Gasteiger partial charge < -0.3 is 15.4 Å². The van der Waals surface area contributed by atoms with E-state index in [0.717, 1.165) is 17.7 Å². The number of amides is 2. The summed E-state index contributed by atoms with van der Waals surface area (Å²) in [7, 11) is 0. The van der Waals surface area contributed by atoms with Gasteiger partial charge in [0.1, 0.15) is 12.4 Å². The van der Waals surface area contributed by atoms with Crippen LogP contribution < -0.4 is 15.4 Å². The molecular formula is C17H17ClF2N2O2. The third kappa shape index (κ3) is 5.38. The smallest absolute Gasteiger partial charge is 0.315 e. The molecule has 0 radical (unpaired) electrons. The molecule has 1 atom stereocenters. The van der Waals surface area contributed by atoms with Crippen LogP contribution in [0.4, 0.5) is 13.6 Å². The maximum Gasteiger partial charge on any atom is 0.315 e. The van der Waals surface area contributed by atoms with Gasteiger partial charge in [-0.3, -0.25) is 0 Å². The lowest BCUT2D eigenvalue weighted by atomic mass is 10.2. The molecule has 0 saturated heterocycles. The molecule has 2 aromatic carbocycles. The molecule has 0 aromatic heterocycles. The van der Waals surface area contributed by atoms with E-state index in [0.29, 0.717) is 5.02 Å². The quantitative estimate of drug-likeness (QED) is 0.827. The van der Waals surface area contributed by atoms with Gasteiger partial charge in [0.15, 0.2) is 11.6 Å². The van der Waals surface area contributed by atoms with E-state index in [2.05, 4.69) is 10.6 Å². The molecule has 2 rings (SSSR count). The van der Waals surface area contributed by atoms with E-state index < -0.39 is 17.7 Å². The third-order valence-corrected chi connectivity index (χ3v) is 3.53. The van der Waals surface area contributed by atoms with Crippen molar-refractivity contribution in [3.63, 3.8) is 0 Å². The first kappa shape index (κ1) is 18.0. The first-order valence-corrected chi connectivity index (χ1v) is 7.69. The summed E-state index contributed by atoms with van der Waals surface area (Å²) < 4.78 is 31.5. The number of carbonyl (C=O) groups excluding carboxylic acids is 1. The van der Waals surface area contributed by atoms with Crippen molar-refractivity contribution in [2.75, 3.05) is 6.61 Å². The van der Waals surface area contributed by atoms with Crippen LogP contribution in [0.3, 0.4) is 0 Å². The van der Waals surface area contributed by atoms with E-state index in [1.165, 1.54) is 6.07 Å². The van der Waals surface area contributed by atoms with Gasteiger partial charge in [0.25, 0.3) is 0 Å². The number of ether oxygens (including phenoxy) is 1. The van der Waals surface area contributed by atoms with Crippen molar-refractivity contribution in [2.45, 2.75) is 19.5 Å². The summed E-state index contributed by atoms with van der Waals surface area (Å²) in [6.07, 6.45) is 0. The maximum atomic E-state index is 13.4. The van der Waals surface area contributed by atoms with Crippen molar-refractivity contribution >= 4 is 17.6 Å². The summed E-state index contributed by atoms with van der Waals surface area (Å²) in [5.41, 5.74) is 0.798. The molecule has 128 valence electrons. The van der Waals surface area contributed by atoms with Crippen LogP contribution in [0.1, 0.15) is 12.5 Å². The summed E-state index contributed by atoms with van der Waals surface area (Å²) >= 11 is 6.00. The molecule has 4 nitrogen and oxygen atoms in total. The van der Waals surface area contributed by atoms with Crippen molar-refractivity contribution in [2.24, 2.45) is 0 Å². The fraction of sp³-hybridized carbons (Fsp3) is 0.235. The minimum atomic E-state index is -0.787. The first-order valence-electron chi connectivity index (χ1n) is 7.31. The van der Waals surface area contributed by atoms with Crippen molar-refractivity contribution in [1.82, 2.24) is 10.6 Å². The normalized spacial score (nSPS) is 11.7. The van der Waals surface area contributed by atoms with Gasteiger partial charge in [0.2, 0.25) is 0 Å². The first-order chi connectivity index (χ1) is 11.5. The molecule has 0 fully saturated rings. The minimum Gasteiger partial charge on any atom is -0.488 e. The molecular weight excluding hydrogens is 338 g/mol. The summed E-state index contributed by atoms with van der Waals surface area (Å²) in [4.78, 5) is 11.8. The molecule has 2 N–H and O–H groups in total. The number of hydrogen-bond donors (Lipinski definition) is 2. The van der Waals surface area contributed by atoms with E-state index >= 15 is 0 Å². The van der Waals surface area contributed by atoms with Gasteiger partial charge in [-0.15, -0.1) is 0 Å². The highest BCUT2D eigenvalue weighted by Crippen LogP contribution is 2.17. The Hall–Kier alpha value is -2.34. The largest absolute Gasteiger partial charge is 0.488 e. The molecule has 0 saturated carbocycles. The predicted molar refractivity (Wildman–Crippen MR) is 88.1 cm³/mol. The van der Waals surface area contributed by atoms with Crippen LogP contribution in [0.25, 0.3) is 0 Å². The molecule has 0 aliphatic heterocycles. The van der Waals surface area contributed by atoms with Gasteiger partial charge in [-0.2, -0.15) is 0 Å². The van der Waals surface area contributed by atoms with Gasteiger partial charge in [-0.25, -0.2) is 13.6 Å². The molecule has 0 bridgehead atoms. The highest BCUT2D eigenvalue weighted by Gasteiger charge is 2.10. The SMILES string of the molecule is CC(COc1ccc(F)cc1F)NC(=O)NCc1ccccc1Cl. The van der Waals surface area contributed by atoms with Gasteiger partial charge in [0, 0.05) is 17.6 Å². The van der Waals surface area contributed by atoms with E-state index in [1.807, 2.05) is 12.1 Å². The number of urea groups is 1.